The highest BCUT2D eigenvalue weighted by molar-refractivity contribution is 6.62. The highest BCUT2D eigenvalue weighted by atomic mass is 19.3. The van der Waals surface area contributed by atoms with Crippen LogP contribution in [0, 0.1) is 6.92 Å². The van der Waals surface area contributed by atoms with E-state index in [0.29, 0.717) is 13.1 Å². The molecular formula is C21H30BF2NO2. The third-order valence-corrected chi connectivity index (χ3v) is 6.08. The van der Waals surface area contributed by atoms with Crippen molar-refractivity contribution in [3.63, 3.8) is 0 Å². The van der Waals surface area contributed by atoms with Crippen molar-refractivity contribution >= 4 is 18.7 Å². The highest BCUT2D eigenvalue weighted by Crippen LogP contribution is 2.36. The van der Waals surface area contributed by atoms with Crippen molar-refractivity contribution in [1.29, 1.82) is 0 Å². The number of rotatable bonds is 5. The first kappa shape index (κ1) is 20.5. The normalized spacial score (nSPS) is 24.2. The van der Waals surface area contributed by atoms with Crippen molar-refractivity contribution in [2.45, 2.75) is 64.6 Å². The average molecular weight is 377 g/mol. The Morgan fingerprint density at radius 3 is 2.41 bits per heavy atom. The van der Waals surface area contributed by atoms with E-state index in [2.05, 4.69) is 25.1 Å². The monoisotopic (exact) mass is 377 g/mol. The zero-order valence-electron chi connectivity index (χ0n) is 17.0. The lowest BCUT2D eigenvalue weighted by molar-refractivity contribution is 0.00578. The van der Waals surface area contributed by atoms with E-state index in [1.807, 2.05) is 44.7 Å². The van der Waals surface area contributed by atoms with Crippen LogP contribution in [0.25, 0.3) is 6.08 Å². The maximum absolute atomic E-state index is 13.2. The second-order valence-corrected chi connectivity index (χ2v) is 8.72. The summed E-state index contributed by atoms with van der Waals surface area (Å²) in [7, 11) is -0.379. The van der Waals surface area contributed by atoms with Crippen molar-refractivity contribution in [2.24, 2.45) is 0 Å². The molecule has 0 amide bonds. The Labute approximate surface area is 161 Å². The summed E-state index contributed by atoms with van der Waals surface area (Å²) in [5, 5.41) is 0. The van der Waals surface area contributed by atoms with E-state index in [0.717, 1.165) is 23.0 Å². The van der Waals surface area contributed by atoms with E-state index in [-0.39, 0.29) is 31.3 Å². The molecule has 2 aliphatic rings. The van der Waals surface area contributed by atoms with E-state index in [4.69, 9.17) is 9.31 Å². The number of halogens is 2. The number of nitrogens with zero attached hydrogens (tertiary/aromatic N) is 1. The molecule has 0 aromatic heterocycles. The first-order valence-corrected chi connectivity index (χ1v) is 9.73. The standard InChI is InChI=1S/C21H30BF2NO2/c1-16-17(9-6-7-13-25-14-12-21(23,24)15-25)10-8-11-18(16)22-26-19(2,3)20(4,5)27-22/h6,8-11H,7,12-15H2,1-5H3/b9-6+. The van der Waals surface area contributed by atoms with Crippen LogP contribution in [0.2, 0.25) is 0 Å². The van der Waals surface area contributed by atoms with Gasteiger partial charge in [0.05, 0.1) is 17.7 Å². The minimum atomic E-state index is -2.52. The molecule has 0 radical (unpaired) electrons. The van der Waals surface area contributed by atoms with E-state index in [1.165, 1.54) is 0 Å². The maximum atomic E-state index is 13.2. The summed E-state index contributed by atoms with van der Waals surface area (Å²) in [4.78, 5) is 1.83. The third kappa shape index (κ3) is 4.44. The molecular weight excluding hydrogens is 347 g/mol. The van der Waals surface area contributed by atoms with Crippen LogP contribution in [0.3, 0.4) is 0 Å². The molecule has 2 heterocycles. The molecule has 2 fully saturated rings. The summed E-state index contributed by atoms with van der Waals surface area (Å²) in [5.74, 6) is -2.52. The number of hydrogen-bond donors (Lipinski definition) is 0. The first-order chi connectivity index (χ1) is 12.5. The van der Waals surface area contributed by atoms with Gasteiger partial charge < -0.3 is 9.31 Å². The van der Waals surface area contributed by atoms with Gasteiger partial charge in [0.2, 0.25) is 0 Å². The van der Waals surface area contributed by atoms with Gasteiger partial charge in [0.15, 0.2) is 0 Å². The van der Waals surface area contributed by atoms with E-state index < -0.39 is 5.92 Å². The summed E-state index contributed by atoms with van der Waals surface area (Å²) in [6, 6.07) is 6.11. The van der Waals surface area contributed by atoms with Gasteiger partial charge >= 0.3 is 7.12 Å². The SMILES string of the molecule is Cc1c(/C=C/CCN2CCC(F)(F)C2)cccc1B1OC(C)(C)C(C)(C)O1. The lowest BCUT2D eigenvalue weighted by atomic mass is 9.75. The van der Waals surface area contributed by atoms with Crippen LogP contribution < -0.4 is 5.46 Å². The van der Waals surface area contributed by atoms with E-state index in [9.17, 15) is 8.78 Å². The van der Waals surface area contributed by atoms with Gasteiger partial charge in [0, 0.05) is 19.5 Å². The second kappa shape index (κ2) is 7.30. The molecule has 148 valence electrons. The molecule has 0 bridgehead atoms. The molecule has 3 rings (SSSR count). The van der Waals surface area contributed by atoms with Crippen LogP contribution in [0.15, 0.2) is 24.3 Å². The quantitative estimate of drug-likeness (QED) is 0.723. The minimum absolute atomic E-state index is 0.0219. The van der Waals surface area contributed by atoms with Crippen LogP contribution in [-0.2, 0) is 9.31 Å². The highest BCUT2D eigenvalue weighted by Gasteiger charge is 2.52. The van der Waals surface area contributed by atoms with Gasteiger partial charge in [-0.25, -0.2) is 8.78 Å². The van der Waals surface area contributed by atoms with Gasteiger partial charge in [0.1, 0.15) is 0 Å². The minimum Gasteiger partial charge on any atom is -0.399 e. The predicted octanol–water partition coefficient (Wildman–Crippen LogP) is 4.04. The molecule has 1 aromatic carbocycles. The van der Waals surface area contributed by atoms with Gasteiger partial charge in [-0.15, -0.1) is 0 Å². The molecule has 2 saturated heterocycles. The fourth-order valence-electron chi connectivity index (χ4n) is 3.54. The molecule has 6 heteroatoms. The smallest absolute Gasteiger partial charge is 0.399 e. The molecule has 0 aliphatic carbocycles. The van der Waals surface area contributed by atoms with Crippen LogP contribution >= 0.6 is 0 Å². The second-order valence-electron chi connectivity index (χ2n) is 8.72. The molecule has 1 aromatic rings. The van der Waals surface area contributed by atoms with E-state index in [1.54, 1.807) is 0 Å². The Kier molecular flexibility index (Phi) is 5.54. The van der Waals surface area contributed by atoms with Crippen molar-refractivity contribution in [1.82, 2.24) is 4.90 Å². The maximum Gasteiger partial charge on any atom is 0.495 e. The molecule has 0 spiro atoms. The lowest BCUT2D eigenvalue weighted by Crippen LogP contribution is -2.41. The summed E-state index contributed by atoms with van der Waals surface area (Å²) in [6.45, 7) is 11.3. The summed E-state index contributed by atoms with van der Waals surface area (Å²) in [5.41, 5.74) is 2.53. The molecule has 0 N–H and O–H groups in total. The molecule has 2 aliphatic heterocycles. The van der Waals surface area contributed by atoms with Crippen molar-refractivity contribution < 1.29 is 18.1 Å². The summed E-state index contributed by atoms with van der Waals surface area (Å²) < 4.78 is 38.8. The molecule has 0 atom stereocenters. The molecule has 27 heavy (non-hydrogen) atoms. The van der Waals surface area contributed by atoms with Crippen LogP contribution in [0.1, 0.15) is 51.7 Å². The van der Waals surface area contributed by atoms with Crippen LogP contribution in [0.4, 0.5) is 8.78 Å². The number of alkyl halides is 2. The van der Waals surface area contributed by atoms with Crippen molar-refractivity contribution in [3.8, 4) is 0 Å². The van der Waals surface area contributed by atoms with E-state index >= 15 is 0 Å². The fraction of sp³-hybridized carbons (Fsp3) is 0.619. The van der Waals surface area contributed by atoms with Crippen LogP contribution in [-0.4, -0.2) is 48.8 Å². The van der Waals surface area contributed by atoms with Crippen molar-refractivity contribution in [3.05, 3.63) is 35.4 Å². The average Bonchev–Trinajstić information content (AvgIpc) is 3.00. The number of hydrogen-bond acceptors (Lipinski definition) is 3. The zero-order chi connectivity index (χ0) is 19.9. The van der Waals surface area contributed by atoms with Crippen LogP contribution in [0.5, 0.6) is 0 Å². The van der Waals surface area contributed by atoms with Gasteiger partial charge in [-0.05, 0) is 57.6 Å². The Bertz CT molecular complexity index is 702. The number of benzene rings is 1. The predicted molar refractivity (Wildman–Crippen MR) is 107 cm³/mol. The largest absolute Gasteiger partial charge is 0.495 e. The molecule has 0 saturated carbocycles. The zero-order valence-corrected chi connectivity index (χ0v) is 17.0. The van der Waals surface area contributed by atoms with Gasteiger partial charge in [-0.1, -0.05) is 30.4 Å². The Morgan fingerprint density at radius 1 is 1.15 bits per heavy atom. The third-order valence-electron chi connectivity index (χ3n) is 6.08. The Balaban J connectivity index is 1.64. The van der Waals surface area contributed by atoms with Gasteiger partial charge in [0.25, 0.3) is 5.92 Å². The summed E-state index contributed by atoms with van der Waals surface area (Å²) in [6.07, 6.45) is 4.87. The molecule has 0 unspecified atom stereocenters. The fourth-order valence-corrected chi connectivity index (χ4v) is 3.54. The van der Waals surface area contributed by atoms with Gasteiger partial charge in [-0.2, -0.15) is 0 Å². The Hall–Kier alpha value is -1.24. The summed E-state index contributed by atoms with van der Waals surface area (Å²) >= 11 is 0. The first-order valence-electron chi connectivity index (χ1n) is 9.73. The molecule has 3 nitrogen and oxygen atoms in total. The Morgan fingerprint density at radius 2 is 1.81 bits per heavy atom. The lowest BCUT2D eigenvalue weighted by Gasteiger charge is -2.32. The number of likely N-dealkylation sites (tertiary alicyclic amines) is 1. The topological polar surface area (TPSA) is 21.7 Å². The van der Waals surface area contributed by atoms with Gasteiger partial charge in [-0.3, -0.25) is 4.90 Å². The van der Waals surface area contributed by atoms with Crippen molar-refractivity contribution in [2.75, 3.05) is 19.6 Å².